The number of ether oxygens (including phenoxy) is 1. The standard InChI is InChI=1S/C20H17ClN4O3/c1-28-17-8-7-13(21)9-15(17)23-20(27)16-10-18(26)24-19-14(11-22-25(16)19)12-5-3-2-4-6-12/h2-9,11,16H,10H2,1H3,(H,23,27)(H,24,26). The lowest BCUT2D eigenvalue weighted by Crippen LogP contribution is -2.35. The molecule has 1 aliphatic heterocycles. The molecule has 8 heteroatoms. The first-order chi connectivity index (χ1) is 13.6. The zero-order valence-electron chi connectivity index (χ0n) is 15.0. The molecule has 1 unspecified atom stereocenters. The lowest BCUT2D eigenvalue weighted by molar-refractivity contribution is -0.125. The van der Waals surface area contributed by atoms with Crippen molar-refractivity contribution in [3.8, 4) is 16.9 Å². The Labute approximate surface area is 166 Å². The molecule has 4 rings (SSSR count). The lowest BCUT2D eigenvalue weighted by Gasteiger charge is -2.25. The molecular weight excluding hydrogens is 380 g/mol. The van der Waals surface area contributed by atoms with Crippen LogP contribution in [-0.2, 0) is 9.59 Å². The van der Waals surface area contributed by atoms with Crippen molar-refractivity contribution in [2.45, 2.75) is 12.5 Å². The topological polar surface area (TPSA) is 85.2 Å². The summed E-state index contributed by atoms with van der Waals surface area (Å²) in [6.07, 6.45) is 1.63. The zero-order valence-corrected chi connectivity index (χ0v) is 15.7. The smallest absolute Gasteiger partial charge is 0.249 e. The van der Waals surface area contributed by atoms with Crippen molar-refractivity contribution >= 4 is 34.9 Å². The van der Waals surface area contributed by atoms with Crippen molar-refractivity contribution in [1.29, 1.82) is 0 Å². The quantitative estimate of drug-likeness (QED) is 0.703. The second-order valence-electron chi connectivity index (χ2n) is 6.32. The zero-order chi connectivity index (χ0) is 19.7. The van der Waals surface area contributed by atoms with E-state index in [1.54, 1.807) is 24.4 Å². The van der Waals surface area contributed by atoms with Crippen LogP contribution in [0, 0.1) is 0 Å². The van der Waals surface area contributed by atoms with Gasteiger partial charge in [0.1, 0.15) is 17.6 Å². The van der Waals surface area contributed by atoms with E-state index in [2.05, 4.69) is 15.7 Å². The summed E-state index contributed by atoms with van der Waals surface area (Å²) in [5.41, 5.74) is 2.09. The molecule has 0 aliphatic carbocycles. The number of aromatic nitrogens is 2. The van der Waals surface area contributed by atoms with E-state index in [1.807, 2.05) is 30.3 Å². The Hall–Kier alpha value is -3.32. The van der Waals surface area contributed by atoms with Crippen LogP contribution in [-0.4, -0.2) is 28.7 Å². The van der Waals surface area contributed by atoms with Crippen LogP contribution in [0.3, 0.4) is 0 Å². The first-order valence-corrected chi connectivity index (χ1v) is 9.02. The predicted molar refractivity (Wildman–Crippen MR) is 107 cm³/mol. The van der Waals surface area contributed by atoms with E-state index in [4.69, 9.17) is 16.3 Å². The molecule has 1 atom stereocenters. The molecular formula is C20H17ClN4O3. The summed E-state index contributed by atoms with van der Waals surface area (Å²) < 4.78 is 6.80. The third kappa shape index (κ3) is 3.32. The second-order valence-corrected chi connectivity index (χ2v) is 6.76. The third-order valence-corrected chi connectivity index (χ3v) is 4.77. The maximum absolute atomic E-state index is 13.0. The van der Waals surface area contributed by atoms with Gasteiger partial charge in [0.2, 0.25) is 11.8 Å². The number of amides is 2. The van der Waals surface area contributed by atoms with Crippen LogP contribution in [0.1, 0.15) is 12.5 Å². The van der Waals surface area contributed by atoms with Crippen LogP contribution in [0.2, 0.25) is 5.02 Å². The van der Waals surface area contributed by atoms with Crippen LogP contribution in [0.4, 0.5) is 11.5 Å². The molecule has 1 aliphatic rings. The van der Waals surface area contributed by atoms with Crippen molar-refractivity contribution < 1.29 is 14.3 Å². The number of nitrogens with one attached hydrogen (secondary N) is 2. The van der Waals surface area contributed by atoms with E-state index in [0.29, 0.717) is 22.3 Å². The Morgan fingerprint density at radius 3 is 2.82 bits per heavy atom. The van der Waals surface area contributed by atoms with E-state index in [-0.39, 0.29) is 18.2 Å². The van der Waals surface area contributed by atoms with Gasteiger partial charge < -0.3 is 15.4 Å². The van der Waals surface area contributed by atoms with Gasteiger partial charge in [-0.2, -0.15) is 5.10 Å². The summed E-state index contributed by atoms with van der Waals surface area (Å²) in [5, 5.41) is 10.4. The number of rotatable bonds is 4. The first-order valence-electron chi connectivity index (χ1n) is 8.64. The van der Waals surface area contributed by atoms with E-state index in [1.165, 1.54) is 11.8 Å². The van der Waals surface area contributed by atoms with Gasteiger partial charge in [-0.15, -0.1) is 0 Å². The van der Waals surface area contributed by atoms with Crippen LogP contribution in [0.5, 0.6) is 5.75 Å². The molecule has 0 bridgehead atoms. The molecule has 1 aromatic heterocycles. The Balaban J connectivity index is 1.67. The molecule has 0 radical (unpaired) electrons. The highest BCUT2D eigenvalue weighted by Gasteiger charge is 2.33. The van der Waals surface area contributed by atoms with Gasteiger partial charge in [-0.05, 0) is 23.8 Å². The summed E-state index contributed by atoms with van der Waals surface area (Å²) in [6, 6.07) is 13.7. The molecule has 3 aromatic rings. The van der Waals surface area contributed by atoms with Gasteiger partial charge in [0.25, 0.3) is 0 Å². The van der Waals surface area contributed by atoms with Crippen molar-refractivity contribution in [2.75, 3.05) is 17.7 Å². The van der Waals surface area contributed by atoms with Gasteiger partial charge in [0.15, 0.2) is 0 Å². The minimum Gasteiger partial charge on any atom is -0.495 e. The van der Waals surface area contributed by atoms with Crippen molar-refractivity contribution in [3.63, 3.8) is 0 Å². The maximum atomic E-state index is 13.0. The molecule has 0 saturated heterocycles. The molecule has 0 spiro atoms. The first kappa shape index (κ1) is 18.1. The molecule has 28 heavy (non-hydrogen) atoms. The average Bonchev–Trinajstić information content (AvgIpc) is 3.12. The molecule has 2 amide bonds. The normalized spacial score (nSPS) is 15.5. The number of halogens is 1. The van der Waals surface area contributed by atoms with Crippen molar-refractivity contribution in [3.05, 3.63) is 59.8 Å². The Kier molecular flexibility index (Phi) is 4.75. The number of carbonyl (C=O) groups is 2. The summed E-state index contributed by atoms with van der Waals surface area (Å²) in [4.78, 5) is 25.2. The van der Waals surface area contributed by atoms with E-state index < -0.39 is 6.04 Å². The maximum Gasteiger partial charge on any atom is 0.249 e. The fourth-order valence-corrected chi connectivity index (χ4v) is 3.37. The van der Waals surface area contributed by atoms with Crippen LogP contribution >= 0.6 is 11.6 Å². The number of methoxy groups -OCH3 is 1. The summed E-state index contributed by atoms with van der Waals surface area (Å²) in [6.45, 7) is 0. The third-order valence-electron chi connectivity index (χ3n) is 4.53. The van der Waals surface area contributed by atoms with Gasteiger partial charge in [0.05, 0.1) is 25.4 Å². The van der Waals surface area contributed by atoms with E-state index in [9.17, 15) is 9.59 Å². The van der Waals surface area contributed by atoms with E-state index >= 15 is 0 Å². The highest BCUT2D eigenvalue weighted by Crippen LogP contribution is 2.35. The Morgan fingerprint density at radius 2 is 2.07 bits per heavy atom. The number of nitrogens with zero attached hydrogens (tertiary/aromatic N) is 2. The Bertz CT molecular complexity index is 1050. The number of benzene rings is 2. The highest BCUT2D eigenvalue weighted by molar-refractivity contribution is 6.31. The number of fused-ring (bicyclic) bond motifs is 1. The molecule has 2 aromatic carbocycles. The number of hydrogen-bond acceptors (Lipinski definition) is 4. The summed E-state index contributed by atoms with van der Waals surface area (Å²) in [5.74, 6) is 0.354. The fraction of sp³-hybridized carbons (Fsp3) is 0.150. The second kappa shape index (κ2) is 7.36. The molecule has 0 saturated carbocycles. The van der Waals surface area contributed by atoms with Crippen LogP contribution < -0.4 is 15.4 Å². The minimum absolute atomic E-state index is 0.0162. The van der Waals surface area contributed by atoms with Gasteiger partial charge in [0, 0.05) is 10.6 Å². The number of hydrogen-bond donors (Lipinski definition) is 2. The summed E-state index contributed by atoms with van der Waals surface area (Å²) >= 11 is 6.03. The van der Waals surface area contributed by atoms with E-state index in [0.717, 1.165) is 11.1 Å². The largest absolute Gasteiger partial charge is 0.495 e. The van der Waals surface area contributed by atoms with Crippen LogP contribution in [0.15, 0.2) is 54.7 Å². The van der Waals surface area contributed by atoms with Crippen LogP contribution in [0.25, 0.3) is 11.1 Å². The van der Waals surface area contributed by atoms with Crippen molar-refractivity contribution in [2.24, 2.45) is 0 Å². The number of carbonyl (C=O) groups excluding carboxylic acids is 2. The molecule has 7 nitrogen and oxygen atoms in total. The molecule has 142 valence electrons. The molecule has 2 heterocycles. The highest BCUT2D eigenvalue weighted by atomic mass is 35.5. The van der Waals surface area contributed by atoms with Crippen molar-refractivity contribution in [1.82, 2.24) is 9.78 Å². The molecule has 2 N–H and O–H groups in total. The van der Waals surface area contributed by atoms with Gasteiger partial charge in [-0.25, -0.2) is 4.68 Å². The van der Waals surface area contributed by atoms with Gasteiger partial charge >= 0.3 is 0 Å². The van der Waals surface area contributed by atoms with Gasteiger partial charge in [-0.3, -0.25) is 9.59 Å². The minimum atomic E-state index is -0.787. The fourth-order valence-electron chi connectivity index (χ4n) is 3.19. The Morgan fingerprint density at radius 1 is 1.29 bits per heavy atom. The predicted octanol–water partition coefficient (Wildman–Crippen LogP) is 3.73. The van der Waals surface area contributed by atoms with Gasteiger partial charge in [-0.1, -0.05) is 41.9 Å². The molecule has 0 fully saturated rings. The SMILES string of the molecule is COc1ccc(Cl)cc1NC(=O)C1CC(=O)Nc2c(-c3ccccc3)cnn21. The average molecular weight is 397 g/mol. The monoisotopic (exact) mass is 396 g/mol. The number of anilines is 2. The lowest BCUT2D eigenvalue weighted by atomic mass is 10.1. The summed E-state index contributed by atoms with van der Waals surface area (Å²) in [7, 11) is 1.50.